The molecule has 0 heterocycles. The summed E-state index contributed by atoms with van der Waals surface area (Å²) < 4.78 is -0.547. The van der Waals surface area contributed by atoms with Crippen molar-refractivity contribution < 1.29 is 9.44 Å². The average molecular weight is 170 g/mol. The molecule has 0 N–H and O–H groups in total. The standard InChI is InChI=1S/C6H4NO3S/c8-5-2-1-3-6(4-5)11-7(9)10/h1-4H. The van der Waals surface area contributed by atoms with Crippen LogP contribution >= 0.6 is 11.9 Å². The Balaban J connectivity index is 2.79. The van der Waals surface area contributed by atoms with Gasteiger partial charge in [0.2, 0.25) is 0 Å². The van der Waals surface area contributed by atoms with Gasteiger partial charge in [0.1, 0.15) is 4.33 Å². The van der Waals surface area contributed by atoms with Crippen LogP contribution in [0.1, 0.15) is 0 Å². The molecule has 0 aromatic heterocycles. The van der Waals surface area contributed by atoms with E-state index >= 15 is 0 Å². The van der Waals surface area contributed by atoms with Gasteiger partial charge in [0.15, 0.2) is 5.75 Å². The molecule has 4 nitrogen and oxygen atoms in total. The molecule has 5 heteroatoms. The van der Waals surface area contributed by atoms with Gasteiger partial charge in [-0.3, -0.25) is 15.2 Å². The fourth-order valence-corrected chi connectivity index (χ4v) is 1.10. The van der Waals surface area contributed by atoms with E-state index in [9.17, 15) is 15.2 Å². The van der Waals surface area contributed by atoms with Crippen LogP contribution in [0.25, 0.3) is 0 Å². The second-order valence-electron chi connectivity index (χ2n) is 1.79. The molecule has 0 aliphatic heterocycles. The molecule has 0 aliphatic rings. The Morgan fingerprint density at radius 2 is 2.18 bits per heavy atom. The number of nitrogens with zero attached hydrogens (tertiary/aromatic N) is 1. The van der Waals surface area contributed by atoms with Crippen molar-refractivity contribution in [2.24, 2.45) is 0 Å². The van der Waals surface area contributed by atoms with E-state index in [1.165, 1.54) is 24.3 Å². The summed E-state index contributed by atoms with van der Waals surface area (Å²) in [6, 6.07) is 5.60. The molecule has 0 amide bonds. The lowest BCUT2D eigenvalue weighted by atomic mass is 10.3. The molecular formula is C6H4NO3S. The topological polar surface area (TPSA) is 63.0 Å². The average Bonchev–Trinajstić information content (AvgIpc) is 1.85. The number of hydrogen-bond acceptors (Lipinski definition) is 3. The molecule has 0 atom stereocenters. The van der Waals surface area contributed by atoms with Crippen LogP contribution in [0, 0.1) is 10.1 Å². The number of rotatable bonds is 2. The van der Waals surface area contributed by atoms with E-state index in [1.807, 2.05) is 0 Å². The summed E-state index contributed by atoms with van der Waals surface area (Å²) in [5.41, 5.74) is 0. The minimum Gasteiger partial charge on any atom is -0.290 e. The molecule has 0 bridgehead atoms. The van der Waals surface area contributed by atoms with Crippen molar-refractivity contribution in [3.05, 3.63) is 34.4 Å². The molecule has 1 aromatic carbocycles. The first-order valence-electron chi connectivity index (χ1n) is 2.78. The monoisotopic (exact) mass is 170 g/mol. The zero-order valence-electron chi connectivity index (χ0n) is 5.39. The van der Waals surface area contributed by atoms with Gasteiger partial charge in [0, 0.05) is 6.07 Å². The third kappa shape index (κ3) is 2.46. The zero-order valence-corrected chi connectivity index (χ0v) is 6.21. The fraction of sp³-hybridized carbons (Fsp3) is 0. The zero-order chi connectivity index (χ0) is 8.27. The summed E-state index contributed by atoms with van der Waals surface area (Å²) in [4.78, 5) is 10.3. The van der Waals surface area contributed by atoms with E-state index in [0.29, 0.717) is 16.8 Å². The number of hydrogen-bond donors (Lipinski definition) is 0. The van der Waals surface area contributed by atoms with Crippen LogP contribution in [-0.2, 0) is 5.11 Å². The van der Waals surface area contributed by atoms with Crippen LogP contribution in [0.5, 0.6) is 5.75 Å². The lowest BCUT2D eigenvalue weighted by Crippen LogP contribution is -1.81. The lowest BCUT2D eigenvalue weighted by Gasteiger charge is -1.89. The second kappa shape index (κ2) is 3.25. The minimum absolute atomic E-state index is 0.211. The largest absolute Gasteiger partial charge is 0.290 e. The quantitative estimate of drug-likeness (QED) is 0.388. The van der Waals surface area contributed by atoms with Crippen molar-refractivity contribution >= 4 is 11.9 Å². The van der Waals surface area contributed by atoms with Crippen LogP contribution in [0.15, 0.2) is 29.2 Å². The van der Waals surface area contributed by atoms with Gasteiger partial charge >= 0.3 is 0 Å². The highest BCUT2D eigenvalue weighted by Gasteiger charge is 2.05. The Bertz CT molecular complexity index is 276. The molecule has 0 spiro atoms. The van der Waals surface area contributed by atoms with Crippen LogP contribution < -0.4 is 0 Å². The van der Waals surface area contributed by atoms with Crippen LogP contribution in [0.3, 0.4) is 0 Å². The Hall–Kier alpha value is -1.23. The van der Waals surface area contributed by atoms with E-state index < -0.39 is 4.33 Å². The summed E-state index contributed by atoms with van der Waals surface area (Å²) in [5, 5.41) is 20.6. The van der Waals surface area contributed by atoms with Crippen molar-refractivity contribution in [1.82, 2.24) is 0 Å². The molecule has 11 heavy (non-hydrogen) atoms. The first-order valence-corrected chi connectivity index (χ1v) is 3.55. The van der Waals surface area contributed by atoms with Crippen LogP contribution in [-0.4, -0.2) is 4.33 Å². The summed E-state index contributed by atoms with van der Waals surface area (Å²) >= 11 is 0.435. The van der Waals surface area contributed by atoms with Crippen molar-refractivity contribution in [3.63, 3.8) is 0 Å². The Morgan fingerprint density at radius 3 is 2.73 bits per heavy atom. The van der Waals surface area contributed by atoms with E-state index in [0.717, 1.165) is 0 Å². The van der Waals surface area contributed by atoms with Crippen LogP contribution in [0.2, 0.25) is 0 Å². The van der Waals surface area contributed by atoms with Gasteiger partial charge < -0.3 is 0 Å². The summed E-state index contributed by atoms with van der Waals surface area (Å²) in [6.45, 7) is 0. The first-order chi connectivity index (χ1) is 5.18. The highest BCUT2D eigenvalue weighted by atomic mass is 32.2. The molecule has 0 saturated heterocycles. The fourth-order valence-electron chi connectivity index (χ4n) is 0.617. The SMILES string of the molecule is [O]c1cccc(S[N+](=O)[O-])c1. The maximum absolute atomic E-state index is 10.6. The van der Waals surface area contributed by atoms with Gasteiger partial charge in [-0.05, 0) is 12.1 Å². The van der Waals surface area contributed by atoms with Gasteiger partial charge in [-0.1, -0.05) is 6.07 Å². The van der Waals surface area contributed by atoms with Crippen molar-refractivity contribution in [3.8, 4) is 5.75 Å². The van der Waals surface area contributed by atoms with Crippen molar-refractivity contribution in [2.75, 3.05) is 0 Å². The Kier molecular flexibility index (Phi) is 2.32. The van der Waals surface area contributed by atoms with E-state index in [1.54, 1.807) is 0 Å². The molecule has 0 saturated carbocycles. The maximum atomic E-state index is 10.6. The third-order valence-corrected chi connectivity index (χ3v) is 1.60. The van der Waals surface area contributed by atoms with Crippen molar-refractivity contribution in [1.29, 1.82) is 0 Å². The van der Waals surface area contributed by atoms with Crippen molar-refractivity contribution in [2.45, 2.75) is 4.90 Å². The van der Waals surface area contributed by atoms with Crippen LogP contribution in [0.4, 0.5) is 0 Å². The van der Waals surface area contributed by atoms with Gasteiger partial charge in [-0.15, -0.1) is 0 Å². The van der Waals surface area contributed by atoms with E-state index in [-0.39, 0.29) is 5.75 Å². The highest BCUT2D eigenvalue weighted by Crippen LogP contribution is 2.21. The number of nitro groups is 1. The normalized spacial score (nSPS) is 9.45. The Labute approximate surface area is 67.1 Å². The molecule has 0 unspecified atom stereocenters. The van der Waals surface area contributed by atoms with E-state index in [4.69, 9.17) is 0 Å². The highest BCUT2D eigenvalue weighted by molar-refractivity contribution is 7.93. The lowest BCUT2D eigenvalue weighted by molar-refractivity contribution is -0.284. The molecule has 0 aliphatic carbocycles. The van der Waals surface area contributed by atoms with Gasteiger partial charge in [0.25, 0.3) is 11.9 Å². The molecule has 57 valence electrons. The maximum Gasteiger partial charge on any atom is 0.265 e. The summed E-state index contributed by atoms with van der Waals surface area (Å²) in [5.74, 6) is -0.211. The summed E-state index contributed by atoms with van der Waals surface area (Å²) in [6.07, 6.45) is 0. The number of benzene rings is 1. The predicted octanol–water partition coefficient (Wildman–Crippen LogP) is 2.11. The van der Waals surface area contributed by atoms with Gasteiger partial charge in [-0.25, -0.2) is 0 Å². The molecular weight excluding hydrogens is 166 g/mol. The summed E-state index contributed by atoms with van der Waals surface area (Å²) in [7, 11) is 0. The predicted molar refractivity (Wildman–Crippen MR) is 39.4 cm³/mol. The Morgan fingerprint density at radius 1 is 1.45 bits per heavy atom. The van der Waals surface area contributed by atoms with Gasteiger partial charge in [-0.2, -0.15) is 0 Å². The minimum atomic E-state index is -0.547. The molecule has 0 fully saturated rings. The molecule has 1 radical (unpaired) electrons. The van der Waals surface area contributed by atoms with E-state index in [2.05, 4.69) is 0 Å². The second-order valence-corrected chi connectivity index (χ2v) is 2.74. The molecule has 1 aromatic rings. The third-order valence-electron chi connectivity index (χ3n) is 0.985. The smallest absolute Gasteiger partial charge is 0.265 e. The molecule has 1 rings (SSSR count). The van der Waals surface area contributed by atoms with Gasteiger partial charge in [0.05, 0.1) is 4.90 Å². The first kappa shape index (κ1) is 7.87.